The van der Waals surface area contributed by atoms with Crippen molar-refractivity contribution in [1.82, 2.24) is 4.98 Å². The monoisotopic (exact) mass is 202 g/mol. The highest BCUT2D eigenvalue weighted by Crippen LogP contribution is 2.21. The molecule has 0 spiro atoms. The summed E-state index contributed by atoms with van der Waals surface area (Å²) in [4.78, 5) is 24.5. The van der Waals surface area contributed by atoms with Crippen molar-refractivity contribution in [3.8, 4) is 0 Å². The van der Waals surface area contributed by atoms with E-state index < -0.39 is 4.92 Å². The fraction of sp³-hybridized carbons (Fsp3) is 0. The second-order valence-corrected chi connectivity index (χ2v) is 2.96. The molecule has 0 aliphatic carbocycles. The Morgan fingerprint density at radius 2 is 2.07 bits per heavy atom. The maximum Gasteiger partial charge on any atom is 0.298 e. The first kappa shape index (κ1) is 9.26. The zero-order valence-electron chi connectivity index (χ0n) is 7.58. The first-order valence-corrected chi connectivity index (χ1v) is 4.22. The number of fused-ring (bicyclic) bond motifs is 1. The number of benzene rings is 1. The van der Waals surface area contributed by atoms with Crippen LogP contribution in [0.2, 0.25) is 0 Å². The van der Waals surface area contributed by atoms with Gasteiger partial charge in [-0.2, -0.15) is 0 Å². The molecule has 2 aromatic rings. The van der Waals surface area contributed by atoms with Crippen LogP contribution in [-0.4, -0.2) is 16.2 Å². The van der Waals surface area contributed by atoms with Gasteiger partial charge in [-0.1, -0.05) is 18.2 Å². The van der Waals surface area contributed by atoms with Gasteiger partial charge >= 0.3 is 0 Å². The molecule has 0 saturated heterocycles. The predicted octanol–water partition coefficient (Wildman–Crippen LogP) is 1.96. The highest BCUT2D eigenvalue weighted by Gasteiger charge is 2.15. The van der Waals surface area contributed by atoms with Crippen molar-refractivity contribution >= 4 is 22.9 Å². The fourth-order valence-electron chi connectivity index (χ4n) is 1.35. The Morgan fingerprint density at radius 3 is 2.73 bits per heavy atom. The molecule has 0 aliphatic heterocycles. The van der Waals surface area contributed by atoms with Gasteiger partial charge in [-0.05, 0) is 6.07 Å². The molecule has 0 saturated carbocycles. The number of hydrogen-bond donors (Lipinski definition) is 0. The van der Waals surface area contributed by atoms with Gasteiger partial charge in [-0.15, -0.1) is 0 Å². The van der Waals surface area contributed by atoms with E-state index in [0.717, 1.165) is 0 Å². The van der Waals surface area contributed by atoms with E-state index in [1.807, 2.05) is 0 Å². The van der Waals surface area contributed by atoms with Gasteiger partial charge in [0.15, 0.2) is 12.0 Å². The Morgan fingerprint density at radius 1 is 1.33 bits per heavy atom. The number of hydrogen-bond acceptors (Lipinski definition) is 4. The molecule has 0 fully saturated rings. The van der Waals surface area contributed by atoms with Crippen molar-refractivity contribution in [3.63, 3.8) is 0 Å². The molecular weight excluding hydrogens is 196 g/mol. The van der Waals surface area contributed by atoms with E-state index in [4.69, 9.17) is 0 Å². The van der Waals surface area contributed by atoms with Crippen LogP contribution in [0.5, 0.6) is 0 Å². The van der Waals surface area contributed by atoms with Gasteiger partial charge in [0.2, 0.25) is 0 Å². The van der Waals surface area contributed by atoms with Crippen LogP contribution >= 0.6 is 0 Å². The molecule has 1 aromatic carbocycles. The number of para-hydroxylation sites is 1. The second-order valence-electron chi connectivity index (χ2n) is 2.96. The van der Waals surface area contributed by atoms with Crippen LogP contribution in [0.15, 0.2) is 30.3 Å². The number of pyridine rings is 1. The highest BCUT2D eigenvalue weighted by atomic mass is 16.6. The molecule has 0 amide bonds. The number of nitrogens with zero attached hydrogens (tertiary/aromatic N) is 2. The summed E-state index contributed by atoms with van der Waals surface area (Å²) in [6, 6.07) is 8.28. The summed E-state index contributed by atoms with van der Waals surface area (Å²) in [7, 11) is 0. The zero-order chi connectivity index (χ0) is 10.8. The van der Waals surface area contributed by atoms with Crippen molar-refractivity contribution in [1.29, 1.82) is 0 Å². The number of rotatable bonds is 2. The quantitative estimate of drug-likeness (QED) is 0.424. The first-order valence-electron chi connectivity index (χ1n) is 4.22. The minimum Gasteiger partial charge on any atom is -0.296 e. The lowest BCUT2D eigenvalue weighted by Crippen LogP contribution is -1.97. The summed E-state index contributed by atoms with van der Waals surface area (Å²) < 4.78 is 0. The summed E-state index contributed by atoms with van der Waals surface area (Å²) >= 11 is 0. The standard InChI is InChI=1S/C10H6N2O3/c13-6-9-10(12(14)15)5-7-3-1-2-4-8(7)11-9/h1-6H. The molecular formula is C10H6N2O3. The molecule has 5 nitrogen and oxygen atoms in total. The number of aldehydes is 1. The Bertz CT molecular complexity index is 551. The highest BCUT2D eigenvalue weighted by molar-refractivity contribution is 5.88. The Hall–Kier alpha value is -2.30. The van der Waals surface area contributed by atoms with E-state index in [9.17, 15) is 14.9 Å². The van der Waals surface area contributed by atoms with Gasteiger partial charge < -0.3 is 0 Å². The van der Waals surface area contributed by atoms with E-state index in [2.05, 4.69) is 4.98 Å². The van der Waals surface area contributed by atoms with Crippen molar-refractivity contribution < 1.29 is 9.72 Å². The van der Waals surface area contributed by atoms with Crippen LogP contribution < -0.4 is 0 Å². The molecule has 5 heteroatoms. The van der Waals surface area contributed by atoms with Crippen LogP contribution in [0.25, 0.3) is 10.9 Å². The number of carbonyl (C=O) groups is 1. The van der Waals surface area contributed by atoms with Crippen LogP contribution in [0.4, 0.5) is 5.69 Å². The molecule has 0 aliphatic rings. The third-order valence-electron chi connectivity index (χ3n) is 2.04. The van der Waals surface area contributed by atoms with Crippen LogP contribution in [-0.2, 0) is 0 Å². The maximum atomic E-state index is 10.6. The largest absolute Gasteiger partial charge is 0.298 e. The molecule has 15 heavy (non-hydrogen) atoms. The lowest BCUT2D eigenvalue weighted by molar-refractivity contribution is -0.385. The predicted molar refractivity (Wildman–Crippen MR) is 53.8 cm³/mol. The Labute approximate surface area is 84.5 Å². The average Bonchev–Trinajstić information content (AvgIpc) is 2.27. The van der Waals surface area contributed by atoms with Gasteiger partial charge in [0.25, 0.3) is 5.69 Å². The van der Waals surface area contributed by atoms with E-state index in [-0.39, 0.29) is 11.4 Å². The van der Waals surface area contributed by atoms with Crippen molar-refractivity contribution in [2.75, 3.05) is 0 Å². The van der Waals surface area contributed by atoms with Crippen molar-refractivity contribution in [2.24, 2.45) is 0 Å². The molecule has 1 heterocycles. The molecule has 2 rings (SSSR count). The van der Waals surface area contributed by atoms with Gasteiger partial charge in [0.1, 0.15) is 0 Å². The first-order chi connectivity index (χ1) is 7.22. The third-order valence-corrected chi connectivity index (χ3v) is 2.04. The minimum absolute atomic E-state index is 0.140. The lowest BCUT2D eigenvalue weighted by Gasteiger charge is -1.98. The minimum atomic E-state index is -0.608. The summed E-state index contributed by atoms with van der Waals surface area (Å²) in [5.41, 5.74) is 0.174. The molecule has 0 N–H and O–H groups in total. The molecule has 0 unspecified atom stereocenters. The topological polar surface area (TPSA) is 73.1 Å². The summed E-state index contributed by atoms with van der Waals surface area (Å²) in [5, 5.41) is 11.3. The lowest BCUT2D eigenvalue weighted by atomic mass is 10.2. The third kappa shape index (κ3) is 1.54. The second kappa shape index (κ2) is 3.45. The van der Waals surface area contributed by atoms with Crippen LogP contribution in [0.1, 0.15) is 10.5 Å². The molecule has 0 radical (unpaired) electrons. The SMILES string of the molecule is O=Cc1nc2ccccc2cc1[N+](=O)[O-]. The van der Waals surface area contributed by atoms with Gasteiger partial charge in [-0.25, -0.2) is 4.98 Å². The van der Waals surface area contributed by atoms with Gasteiger partial charge in [-0.3, -0.25) is 14.9 Å². The van der Waals surface area contributed by atoms with E-state index in [1.165, 1.54) is 6.07 Å². The zero-order valence-corrected chi connectivity index (χ0v) is 7.58. The smallest absolute Gasteiger partial charge is 0.296 e. The summed E-state index contributed by atoms with van der Waals surface area (Å²) in [5.74, 6) is 0. The van der Waals surface area contributed by atoms with Crippen molar-refractivity contribution in [3.05, 3.63) is 46.1 Å². The molecule has 1 aromatic heterocycles. The molecule has 0 atom stereocenters. The maximum absolute atomic E-state index is 10.6. The average molecular weight is 202 g/mol. The Kier molecular flexibility index (Phi) is 2.13. The number of aromatic nitrogens is 1. The number of nitro groups is 1. The van der Waals surface area contributed by atoms with E-state index >= 15 is 0 Å². The van der Waals surface area contributed by atoms with Gasteiger partial charge in [0, 0.05) is 11.5 Å². The normalized spacial score (nSPS) is 10.1. The summed E-state index contributed by atoms with van der Waals surface area (Å²) in [6.07, 6.45) is 0.393. The van der Waals surface area contributed by atoms with Gasteiger partial charge in [0.05, 0.1) is 10.4 Å². The van der Waals surface area contributed by atoms with Crippen LogP contribution in [0, 0.1) is 10.1 Å². The Balaban J connectivity index is 2.80. The fourth-order valence-corrected chi connectivity index (χ4v) is 1.35. The molecule has 74 valence electrons. The summed E-state index contributed by atoms with van der Waals surface area (Å²) in [6.45, 7) is 0. The van der Waals surface area contributed by atoms with E-state index in [0.29, 0.717) is 17.2 Å². The van der Waals surface area contributed by atoms with E-state index in [1.54, 1.807) is 24.3 Å². The van der Waals surface area contributed by atoms with Crippen molar-refractivity contribution in [2.45, 2.75) is 0 Å². The number of carbonyl (C=O) groups excluding carboxylic acids is 1. The molecule has 0 bridgehead atoms. The van der Waals surface area contributed by atoms with Crippen LogP contribution in [0.3, 0.4) is 0 Å².